The fraction of sp³-hybridized carbons (Fsp3) is 0.632. The topological polar surface area (TPSA) is 67.6 Å². The highest BCUT2D eigenvalue weighted by Gasteiger charge is 2.21. The van der Waals surface area contributed by atoms with Crippen LogP contribution in [0, 0.1) is 5.92 Å². The lowest BCUT2D eigenvalue weighted by Crippen LogP contribution is -2.37. The number of carbonyl (C=O) groups is 1. The first kappa shape index (κ1) is 21.7. The second kappa shape index (κ2) is 11.3. The van der Waals surface area contributed by atoms with Gasteiger partial charge in [0.2, 0.25) is 5.91 Å². The monoisotopic (exact) mass is 369 g/mol. The van der Waals surface area contributed by atoms with Crippen molar-refractivity contribution in [2.75, 3.05) is 32.6 Å². The lowest BCUT2D eigenvalue weighted by atomic mass is 9.85. The van der Waals surface area contributed by atoms with Gasteiger partial charge in [-0.05, 0) is 50.7 Å². The number of nitrogens with one attached hydrogen (secondary N) is 1. The summed E-state index contributed by atoms with van der Waals surface area (Å²) in [6.07, 6.45) is 7.07. The number of halogens is 1. The third-order valence-electron chi connectivity index (χ3n) is 4.58. The van der Waals surface area contributed by atoms with E-state index in [2.05, 4.69) is 10.2 Å². The fourth-order valence-corrected chi connectivity index (χ4v) is 3.10. The number of nitrogens with zero attached hydrogens (tertiary/aromatic N) is 1. The molecule has 2 rings (SSSR count). The summed E-state index contributed by atoms with van der Waals surface area (Å²) >= 11 is 0. The maximum Gasteiger partial charge on any atom is 0.241 e. The Morgan fingerprint density at radius 1 is 1.24 bits per heavy atom. The Bertz CT molecular complexity index is 502. The number of amides is 1. The van der Waals surface area contributed by atoms with Gasteiger partial charge in [-0.1, -0.05) is 32.1 Å². The van der Waals surface area contributed by atoms with Crippen LogP contribution in [0.15, 0.2) is 24.3 Å². The Morgan fingerprint density at radius 2 is 1.88 bits per heavy atom. The summed E-state index contributed by atoms with van der Waals surface area (Å²) in [6, 6.07) is 7.03. The van der Waals surface area contributed by atoms with Crippen molar-refractivity contribution in [2.24, 2.45) is 11.7 Å². The van der Waals surface area contributed by atoms with E-state index in [4.69, 9.17) is 10.5 Å². The van der Waals surface area contributed by atoms with Crippen LogP contribution in [0.25, 0.3) is 0 Å². The van der Waals surface area contributed by atoms with Crippen LogP contribution >= 0.6 is 12.4 Å². The molecule has 0 heterocycles. The third-order valence-corrected chi connectivity index (χ3v) is 4.58. The Balaban J connectivity index is 0.00000312. The molecule has 5 nitrogen and oxygen atoms in total. The van der Waals surface area contributed by atoms with E-state index >= 15 is 0 Å². The molecule has 1 aliphatic carbocycles. The van der Waals surface area contributed by atoms with Gasteiger partial charge in [-0.15, -0.1) is 12.4 Å². The molecule has 0 aromatic heterocycles. The summed E-state index contributed by atoms with van der Waals surface area (Å²) in [6.45, 7) is 1.51. The highest BCUT2D eigenvalue weighted by Crippen LogP contribution is 2.27. The fourth-order valence-electron chi connectivity index (χ4n) is 3.10. The zero-order valence-corrected chi connectivity index (χ0v) is 16.2. The minimum absolute atomic E-state index is 0. The molecule has 6 heteroatoms. The largest absolute Gasteiger partial charge is 0.492 e. The molecule has 1 saturated carbocycles. The summed E-state index contributed by atoms with van der Waals surface area (Å²) < 4.78 is 5.65. The molecular weight excluding hydrogens is 338 g/mol. The van der Waals surface area contributed by atoms with E-state index < -0.39 is 6.04 Å². The van der Waals surface area contributed by atoms with Gasteiger partial charge in [0.15, 0.2) is 0 Å². The first-order valence-electron chi connectivity index (χ1n) is 8.98. The van der Waals surface area contributed by atoms with Crippen LogP contribution in [0.2, 0.25) is 0 Å². The lowest BCUT2D eigenvalue weighted by Gasteiger charge is -2.24. The summed E-state index contributed by atoms with van der Waals surface area (Å²) in [5.41, 5.74) is 6.84. The Kier molecular flexibility index (Phi) is 9.86. The van der Waals surface area contributed by atoms with Crippen molar-refractivity contribution in [2.45, 2.75) is 44.6 Å². The Hall–Kier alpha value is -1.30. The van der Waals surface area contributed by atoms with Crippen LogP contribution in [0.5, 0.6) is 5.75 Å². The summed E-state index contributed by atoms with van der Waals surface area (Å²) in [5, 5.41) is 2.91. The average Bonchev–Trinajstić information content (AvgIpc) is 2.57. The molecule has 1 aliphatic rings. The number of hydrogen-bond donors (Lipinski definition) is 2. The smallest absolute Gasteiger partial charge is 0.241 e. The van der Waals surface area contributed by atoms with Crippen LogP contribution in [-0.4, -0.2) is 44.1 Å². The number of nitrogens with two attached hydrogens (primary N) is 1. The van der Waals surface area contributed by atoms with Crippen LogP contribution < -0.4 is 15.8 Å². The van der Waals surface area contributed by atoms with Crippen LogP contribution in [-0.2, 0) is 4.79 Å². The Morgan fingerprint density at radius 3 is 2.48 bits per heavy atom. The molecule has 25 heavy (non-hydrogen) atoms. The van der Waals surface area contributed by atoms with E-state index in [1.807, 2.05) is 38.4 Å². The molecule has 1 fully saturated rings. The van der Waals surface area contributed by atoms with Gasteiger partial charge in [-0.2, -0.15) is 0 Å². The van der Waals surface area contributed by atoms with Gasteiger partial charge in [0.25, 0.3) is 0 Å². The van der Waals surface area contributed by atoms with E-state index in [1.165, 1.54) is 32.1 Å². The number of ether oxygens (including phenoxy) is 1. The van der Waals surface area contributed by atoms with Crippen molar-refractivity contribution in [3.63, 3.8) is 0 Å². The number of likely N-dealkylation sites (N-methyl/N-ethyl adjacent to an activating group) is 1. The van der Waals surface area contributed by atoms with Gasteiger partial charge >= 0.3 is 0 Å². The summed E-state index contributed by atoms with van der Waals surface area (Å²) in [4.78, 5) is 14.3. The van der Waals surface area contributed by atoms with Crippen molar-refractivity contribution >= 4 is 24.0 Å². The van der Waals surface area contributed by atoms with E-state index in [0.29, 0.717) is 12.5 Å². The Labute approximate surface area is 157 Å². The first-order valence-corrected chi connectivity index (χ1v) is 8.98. The van der Waals surface area contributed by atoms with Crippen molar-refractivity contribution in [3.8, 4) is 5.75 Å². The molecule has 0 aliphatic heterocycles. The molecular formula is C19H32ClN3O2. The average molecular weight is 370 g/mol. The standard InChI is InChI=1S/C19H31N3O2.ClH/c1-22(2)12-13-24-17-10-8-16(9-11-17)21-19(23)18(20)14-15-6-4-3-5-7-15;/h8-11,15,18H,3-7,12-14,20H2,1-2H3,(H,21,23);1H. The summed E-state index contributed by atoms with van der Waals surface area (Å²) in [5.74, 6) is 1.31. The second-order valence-corrected chi connectivity index (χ2v) is 7.01. The molecule has 1 aromatic carbocycles. The number of hydrogen-bond acceptors (Lipinski definition) is 4. The number of carbonyl (C=O) groups excluding carboxylic acids is 1. The first-order chi connectivity index (χ1) is 11.5. The molecule has 0 saturated heterocycles. The summed E-state index contributed by atoms with van der Waals surface area (Å²) in [7, 11) is 4.02. The number of rotatable bonds is 8. The quantitative estimate of drug-likeness (QED) is 0.737. The van der Waals surface area contributed by atoms with E-state index in [0.717, 1.165) is 24.4 Å². The van der Waals surface area contributed by atoms with Crippen LogP contribution in [0.1, 0.15) is 38.5 Å². The molecule has 3 N–H and O–H groups in total. The molecule has 142 valence electrons. The van der Waals surface area contributed by atoms with Crippen molar-refractivity contribution in [1.29, 1.82) is 0 Å². The molecule has 1 atom stereocenters. The minimum atomic E-state index is -0.427. The van der Waals surface area contributed by atoms with E-state index in [9.17, 15) is 4.79 Å². The number of benzene rings is 1. The second-order valence-electron chi connectivity index (χ2n) is 7.01. The van der Waals surface area contributed by atoms with Gasteiger partial charge in [0.1, 0.15) is 12.4 Å². The van der Waals surface area contributed by atoms with Gasteiger partial charge in [0, 0.05) is 12.2 Å². The van der Waals surface area contributed by atoms with Crippen LogP contribution in [0.3, 0.4) is 0 Å². The van der Waals surface area contributed by atoms with Crippen LogP contribution in [0.4, 0.5) is 5.69 Å². The maximum absolute atomic E-state index is 12.2. The van der Waals surface area contributed by atoms with Crippen molar-refractivity contribution in [3.05, 3.63) is 24.3 Å². The minimum Gasteiger partial charge on any atom is -0.492 e. The van der Waals surface area contributed by atoms with Gasteiger partial charge in [-0.25, -0.2) is 0 Å². The van der Waals surface area contributed by atoms with Gasteiger partial charge < -0.3 is 20.7 Å². The van der Waals surface area contributed by atoms with E-state index in [1.54, 1.807) is 0 Å². The SMILES string of the molecule is CN(C)CCOc1ccc(NC(=O)C(N)CC2CCCCC2)cc1.Cl. The van der Waals surface area contributed by atoms with Gasteiger partial charge in [-0.3, -0.25) is 4.79 Å². The van der Waals surface area contributed by atoms with Crippen molar-refractivity contribution < 1.29 is 9.53 Å². The molecule has 0 bridgehead atoms. The molecule has 1 aromatic rings. The maximum atomic E-state index is 12.2. The van der Waals surface area contributed by atoms with Gasteiger partial charge in [0.05, 0.1) is 6.04 Å². The molecule has 1 amide bonds. The zero-order chi connectivity index (χ0) is 17.4. The molecule has 0 spiro atoms. The number of anilines is 1. The predicted octanol–water partition coefficient (Wildman–Crippen LogP) is 3.29. The zero-order valence-electron chi connectivity index (χ0n) is 15.4. The third kappa shape index (κ3) is 8.08. The molecule has 1 unspecified atom stereocenters. The highest BCUT2D eigenvalue weighted by molar-refractivity contribution is 5.94. The lowest BCUT2D eigenvalue weighted by molar-refractivity contribution is -0.117. The molecule has 0 radical (unpaired) electrons. The highest BCUT2D eigenvalue weighted by atomic mass is 35.5. The normalized spacial score (nSPS) is 16.2. The predicted molar refractivity (Wildman–Crippen MR) is 106 cm³/mol. The van der Waals surface area contributed by atoms with Crippen molar-refractivity contribution in [1.82, 2.24) is 4.90 Å². The van der Waals surface area contributed by atoms with E-state index in [-0.39, 0.29) is 18.3 Å².